The van der Waals surface area contributed by atoms with Gasteiger partial charge in [0.1, 0.15) is 0 Å². The maximum absolute atomic E-state index is 12.7. The smallest absolute Gasteiger partial charge is 0.429 e. The predicted molar refractivity (Wildman–Crippen MR) is 68.2 cm³/mol. The summed E-state index contributed by atoms with van der Waals surface area (Å²) in [6.45, 7) is 1.94. The molecule has 0 spiro atoms. The largest absolute Gasteiger partial charge is 0.460 e. The maximum Gasteiger partial charge on any atom is 0.429 e. The van der Waals surface area contributed by atoms with Gasteiger partial charge in [-0.15, -0.1) is 0 Å². The summed E-state index contributed by atoms with van der Waals surface area (Å²) in [4.78, 5) is 4.42. The lowest BCUT2D eigenvalue weighted by molar-refractivity contribution is -0.180. The molecule has 0 N–H and O–H groups in total. The Morgan fingerprint density at radius 2 is 1.95 bits per heavy atom. The molecule has 0 saturated heterocycles. The first-order chi connectivity index (χ1) is 9.00. The van der Waals surface area contributed by atoms with Gasteiger partial charge in [0.15, 0.2) is 0 Å². The van der Waals surface area contributed by atoms with Gasteiger partial charge in [-0.3, -0.25) is 0 Å². The molecule has 108 valence electrons. The van der Waals surface area contributed by atoms with Gasteiger partial charge >= 0.3 is 6.18 Å². The van der Waals surface area contributed by atoms with E-state index in [1.807, 2.05) is 6.92 Å². The second-order valence-corrected chi connectivity index (χ2v) is 5.25. The maximum atomic E-state index is 12.7. The minimum Gasteiger partial charge on any atom is -0.460 e. The number of ether oxygens (including phenoxy) is 1. The molecular formula is C14H20F3NO. The molecule has 1 heterocycles. The van der Waals surface area contributed by atoms with Crippen LogP contribution in [0.3, 0.4) is 0 Å². The van der Waals surface area contributed by atoms with Crippen molar-refractivity contribution >= 4 is 5.90 Å². The number of hydrogen-bond donors (Lipinski definition) is 0. The Kier molecular flexibility index (Phi) is 4.53. The molecular weight excluding hydrogens is 255 g/mol. The first-order valence-electron chi connectivity index (χ1n) is 7.03. The summed E-state index contributed by atoms with van der Waals surface area (Å²) in [6.07, 6.45) is 1.76. The van der Waals surface area contributed by atoms with Crippen LogP contribution in [0, 0.1) is 0 Å². The molecule has 1 saturated carbocycles. The Morgan fingerprint density at radius 1 is 1.26 bits per heavy atom. The molecule has 2 rings (SSSR count). The van der Waals surface area contributed by atoms with Gasteiger partial charge < -0.3 is 4.74 Å². The molecule has 2 aliphatic rings. The summed E-state index contributed by atoms with van der Waals surface area (Å²) >= 11 is 0. The van der Waals surface area contributed by atoms with E-state index in [-0.39, 0.29) is 11.9 Å². The molecule has 1 aliphatic carbocycles. The number of hydrogen-bond acceptors (Lipinski definition) is 2. The van der Waals surface area contributed by atoms with Crippen molar-refractivity contribution in [1.82, 2.24) is 0 Å². The van der Waals surface area contributed by atoms with Gasteiger partial charge in [0.25, 0.3) is 0 Å². The van der Waals surface area contributed by atoms with Crippen LogP contribution in [-0.2, 0) is 4.74 Å². The number of rotatable bonds is 3. The van der Waals surface area contributed by atoms with Gasteiger partial charge in [-0.1, -0.05) is 32.6 Å². The Labute approximate surface area is 111 Å². The quantitative estimate of drug-likeness (QED) is 0.747. The highest BCUT2D eigenvalue weighted by Gasteiger charge is 2.44. The van der Waals surface area contributed by atoms with Crippen LogP contribution in [0.15, 0.2) is 16.6 Å². The highest BCUT2D eigenvalue weighted by atomic mass is 19.4. The van der Waals surface area contributed by atoms with E-state index in [0.29, 0.717) is 12.0 Å². The molecule has 1 atom stereocenters. The summed E-state index contributed by atoms with van der Waals surface area (Å²) in [5.41, 5.74) is 0.621. The lowest BCUT2D eigenvalue weighted by Crippen LogP contribution is -2.28. The molecule has 5 heteroatoms. The van der Waals surface area contributed by atoms with Crippen LogP contribution in [0.25, 0.3) is 0 Å². The molecule has 19 heavy (non-hydrogen) atoms. The van der Waals surface area contributed by atoms with Gasteiger partial charge in [0, 0.05) is 5.57 Å². The zero-order valence-electron chi connectivity index (χ0n) is 11.2. The molecule has 1 aliphatic heterocycles. The standard InChI is InChI=1S/C14H20F3NO/c1-2-6-10-9-12(14(15,16)17)19-13(10)18-11-7-4-3-5-8-11/h9,11-12H,2-8H2,1H3. The van der Waals surface area contributed by atoms with Crippen molar-refractivity contribution in [3.8, 4) is 0 Å². The topological polar surface area (TPSA) is 21.6 Å². The fourth-order valence-corrected chi connectivity index (χ4v) is 2.59. The average molecular weight is 275 g/mol. The molecule has 2 nitrogen and oxygen atoms in total. The van der Waals surface area contributed by atoms with Crippen LogP contribution in [0.4, 0.5) is 13.2 Å². The molecule has 1 unspecified atom stereocenters. The highest BCUT2D eigenvalue weighted by molar-refractivity contribution is 5.96. The number of halogens is 3. The zero-order valence-corrected chi connectivity index (χ0v) is 11.2. The minimum atomic E-state index is -4.34. The molecule has 1 fully saturated rings. The van der Waals surface area contributed by atoms with E-state index >= 15 is 0 Å². The van der Waals surface area contributed by atoms with Crippen molar-refractivity contribution in [2.75, 3.05) is 0 Å². The molecule has 0 bridgehead atoms. The monoisotopic (exact) mass is 275 g/mol. The fourth-order valence-electron chi connectivity index (χ4n) is 2.59. The molecule has 0 aromatic heterocycles. The van der Waals surface area contributed by atoms with Crippen molar-refractivity contribution in [3.63, 3.8) is 0 Å². The van der Waals surface area contributed by atoms with E-state index < -0.39 is 12.3 Å². The summed E-state index contributed by atoms with van der Waals surface area (Å²) in [5.74, 6) is 0.232. The van der Waals surface area contributed by atoms with E-state index in [9.17, 15) is 13.2 Å². The summed E-state index contributed by atoms with van der Waals surface area (Å²) in [5, 5.41) is 0. The van der Waals surface area contributed by atoms with Crippen molar-refractivity contribution in [1.29, 1.82) is 0 Å². The lowest BCUT2D eigenvalue weighted by Gasteiger charge is -2.19. The average Bonchev–Trinajstić information content (AvgIpc) is 2.74. The third-order valence-electron chi connectivity index (χ3n) is 3.58. The van der Waals surface area contributed by atoms with Gasteiger partial charge in [0.05, 0.1) is 6.04 Å². The predicted octanol–water partition coefficient (Wildman–Crippen LogP) is 4.41. The van der Waals surface area contributed by atoms with E-state index in [4.69, 9.17) is 4.74 Å². The Balaban J connectivity index is 2.11. The van der Waals surface area contributed by atoms with Crippen LogP contribution in [-0.4, -0.2) is 24.2 Å². The lowest BCUT2D eigenvalue weighted by atomic mass is 9.96. The van der Waals surface area contributed by atoms with Crippen LogP contribution in [0.1, 0.15) is 51.9 Å². The van der Waals surface area contributed by atoms with Crippen LogP contribution in [0.2, 0.25) is 0 Å². The van der Waals surface area contributed by atoms with E-state index in [0.717, 1.165) is 32.1 Å². The summed E-state index contributed by atoms with van der Waals surface area (Å²) in [7, 11) is 0. The molecule has 0 radical (unpaired) electrons. The van der Waals surface area contributed by atoms with Crippen molar-refractivity contribution in [3.05, 3.63) is 11.6 Å². The van der Waals surface area contributed by atoms with Crippen molar-refractivity contribution < 1.29 is 17.9 Å². The van der Waals surface area contributed by atoms with Gasteiger partial charge in [0.2, 0.25) is 12.0 Å². The number of nitrogens with zero attached hydrogens (tertiary/aromatic N) is 1. The summed E-state index contributed by atoms with van der Waals surface area (Å²) < 4.78 is 43.1. The highest BCUT2D eigenvalue weighted by Crippen LogP contribution is 2.32. The van der Waals surface area contributed by atoms with Gasteiger partial charge in [-0.05, 0) is 25.3 Å². The zero-order chi connectivity index (χ0) is 13.9. The minimum absolute atomic E-state index is 0.135. The van der Waals surface area contributed by atoms with Crippen molar-refractivity contribution in [2.45, 2.75) is 70.2 Å². The van der Waals surface area contributed by atoms with Crippen LogP contribution >= 0.6 is 0 Å². The Hall–Kier alpha value is -1.00. The van der Waals surface area contributed by atoms with Gasteiger partial charge in [-0.2, -0.15) is 13.2 Å². The second-order valence-electron chi connectivity index (χ2n) is 5.25. The Bertz CT molecular complexity index is 367. The third-order valence-corrected chi connectivity index (χ3v) is 3.58. The third kappa shape index (κ3) is 3.74. The molecule has 0 aromatic carbocycles. The fraction of sp³-hybridized carbons (Fsp3) is 0.786. The molecule has 0 aromatic rings. The molecule has 0 amide bonds. The Morgan fingerprint density at radius 3 is 2.53 bits per heavy atom. The van der Waals surface area contributed by atoms with Crippen LogP contribution < -0.4 is 0 Å². The SMILES string of the molecule is CCCC1=CC(C(F)(F)F)OC1=NC1CCCCC1. The first-order valence-corrected chi connectivity index (χ1v) is 7.03. The van der Waals surface area contributed by atoms with Crippen LogP contribution in [0.5, 0.6) is 0 Å². The van der Waals surface area contributed by atoms with Gasteiger partial charge in [-0.25, -0.2) is 4.99 Å². The van der Waals surface area contributed by atoms with E-state index in [2.05, 4.69) is 4.99 Å². The van der Waals surface area contributed by atoms with Crippen molar-refractivity contribution in [2.24, 2.45) is 4.99 Å². The summed E-state index contributed by atoms with van der Waals surface area (Å²) in [6, 6.07) is 0.135. The second kappa shape index (κ2) is 5.97. The number of aliphatic imine (C=N–C) groups is 1. The normalized spacial score (nSPS) is 27.5. The number of alkyl halides is 3. The van der Waals surface area contributed by atoms with E-state index in [1.165, 1.54) is 12.5 Å². The van der Waals surface area contributed by atoms with E-state index in [1.54, 1.807) is 0 Å². The first kappa shape index (κ1) is 14.4.